The van der Waals surface area contributed by atoms with Gasteiger partial charge in [-0.3, -0.25) is 4.40 Å². The van der Waals surface area contributed by atoms with E-state index in [4.69, 9.17) is 10.7 Å². The van der Waals surface area contributed by atoms with Crippen LogP contribution in [0.25, 0.3) is 16.2 Å². The molecule has 2 N–H and O–H groups in total. The molecule has 0 unspecified atom stereocenters. The van der Waals surface area contributed by atoms with E-state index in [1.165, 1.54) is 29.0 Å². The third-order valence-corrected chi connectivity index (χ3v) is 5.50. The lowest BCUT2D eigenvalue weighted by Crippen LogP contribution is -1.97. The topological polar surface area (TPSA) is 43.3 Å². The van der Waals surface area contributed by atoms with E-state index in [1.807, 2.05) is 0 Å². The molecule has 0 radical (unpaired) electrons. The summed E-state index contributed by atoms with van der Waals surface area (Å²) in [5.74, 6) is 1.34. The van der Waals surface area contributed by atoms with Gasteiger partial charge in [0.05, 0.1) is 0 Å². The maximum Gasteiger partial charge on any atom is 0.196 e. The van der Waals surface area contributed by atoms with E-state index in [1.54, 1.807) is 11.3 Å². The van der Waals surface area contributed by atoms with Crippen LogP contribution in [0.1, 0.15) is 42.3 Å². The third kappa shape index (κ3) is 1.89. The fraction of sp³-hybridized carbons (Fsp3) is 0.353. The van der Waals surface area contributed by atoms with E-state index in [0.29, 0.717) is 5.92 Å². The zero-order chi connectivity index (χ0) is 14.6. The number of aryl methyl sites for hydroxylation is 2. The number of imidazole rings is 1. The number of hydrogen-bond donors (Lipinski definition) is 1. The normalized spacial score (nSPS) is 14.2. The highest BCUT2D eigenvalue weighted by atomic mass is 32.1. The lowest BCUT2D eigenvalue weighted by molar-refractivity contribution is 0.867. The fourth-order valence-electron chi connectivity index (χ4n) is 3.14. The SMILES string of the molecule is CC(C)c1ccc(-c2nc3sc4c(n3c2N)CCC4)cc1. The Bertz CT molecular complexity index is 809. The minimum Gasteiger partial charge on any atom is -0.383 e. The summed E-state index contributed by atoms with van der Waals surface area (Å²) in [5, 5.41) is 0. The standard InChI is InChI=1S/C17H19N3S/c1-10(2)11-6-8-12(9-7-11)15-16(18)20-13-4-3-5-14(13)21-17(20)19-15/h6-10H,3-5,18H2,1-2H3. The summed E-state index contributed by atoms with van der Waals surface area (Å²) in [7, 11) is 0. The number of fused-ring (bicyclic) bond motifs is 3. The van der Waals surface area contributed by atoms with Crippen LogP contribution in [0.5, 0.6) is 0 Å². The summed E-state index contributed by atoms with van der Waals surface area (Å²) in [4.78, 5) is 7.28. The largest absolute Gasteiger partial charge is 0.383 e. The second-order valence-electron chi connectivity index (χ2n) is 6.07. The van der Waals surface area contributed by atoms with Gasteiger partial charge < -0.3 is 5.73 Å². The molecule has 1 aliphatic carbocycles. The molecule has 0 saturated heterocycles. The van der Waals surface area contributed by atoms with Gasteiger partial charge in [0, 0.05) is 16.1 Å². The number of hydrogen-bond acceptors (Lipinski definition) is 3. The van der Waals surface area contributed by atoms with Crippen LogP contribution in [0.3, 0.4) is 0 Å². The molecule has 4 rings (SSSR count). The molecule has 3 aromatic rings. The highest BCUT2D eigenvalue weighted by Crippen LogP contribution is 2.36. The first-order valence-corrected chi connectivity index (χ1v) is 8.35. The highest BCUT2D eigenvalue weighted by Gasteiger charge is 2.22. The predicted octanol–water partition coefficient (Wildman–Crippen LogP) is 4.26. The van der Waals surface area contributed by atoms with Gasteiger partial charge in [-0.1, -0.05) is 38.1 Å². The summed E-state index contributed by atoms with van der Waals surface area (Å²) in [6.07, 6.45) is 3.55. The fourth-order valence-corrected chi connectivity index (χ4v) is 4.35. The number of nitrogen functional groups attached to an aromatic ring is 1. The van der Waals surface area contributed by atoms with Gasteiger partial charge in [-0.2, -0.15) is 0 Å². The molecule has 0 spiro atoms. The molecule has 2 heterocycles. The van der Waals surface area contributed by atoms with Crippen molar-refractivity contribution in [3.63, 3.8) is 0 Å². The number of aromatic nitrogens is 2. The second-order valence-corrected chi connectivity index (χ2v) is 7.13. The Morgan fingerprint density at radius 2 is 1.95 bits per heavy atom. The van der Waals surface area contributed by atoms with Crippen LogP contribution in [0.4, 0.5) is 5.82 Å². The number of benzene rings is 1. The molecule has 0 bridgehead atoms. The highest BCUT2D eigenvalue weighted by molar-refractivity contribution is 7.17. The van der Waals surface area contributed by atoms with Crippen molar-refractivity contribution in [2.75, 3.05) is 5.73 Å². The Labute approximate surface area is 128 Å². The zero-order valence-electron chi connectivity index (χ0n) is 12.4. The Balaban J connectivity index is 1.83. The van der Waals surface area contributed by atoms with E-state index in [-0.39, 0.29) is 0 Å². The van der Waals surface area contributed by atoms with Gasteiger partial charge in [-0.05, 0) is 30.7 Å². The van der Waals surface area contributed by atoms with Crippen LogP contribution in [0.2, 0.25) is 0 Å². The van der Waals surface area contributed by atoms with Crippen LogP contribution >= 0.6 is 11.3 Å². The van der Waals surface area contributed by atoms with Crippen LogP contribution in [-0.4, -0.2) is 9.38 Å². The van der Waals surface area contributed by atoms with Gasteiger partial charge in [0.1, 0.15) is 11.5 Å². The average Bonchev–Trinajstić information content (AvgIpc) is 3.11. The quantitative estimate of drug-likeness (QED) is 0.768. The van der Waals surface area contributed by atoms with Gasteiger partial charge in [0.25, 0.3) is 0 Å². The number of anilines is 1. The van der Waals surface area contributed by atoms with Crippen molar-refractivity contribution in [3.05, 3.63) is 40.4 Å². The molecule has 2 aromatic heterocycles. The lowest BCUT2D eigenvalue weighted by Gasteiger charge is -2.06. The number of rotatable bonds is 2. The van der Waals surface area contributed by atoms with E-state index in [9.17, 15) is 0 Å². The molecule has 0 aliphatic heterocycles. The van der Waals surface area contributed by atoms with E-state index < -0.39 is 0 Å². The van der Waals surface area contributed by atoms with Crippen molar-refractivity contribution in [1.82, 2.24) is 9.38 Å². The minimum absolute atomic E-state index is 0.546. The molecule has 4 heteroatoms. The zero-order valence-corrected chi connectivity index (χ0v) is 13.2. The molecule has 108 valence electrons. The first kappa shape index (κ1) is 12.9. The Kier molecular flexibility index (Phi) is 2.82. The van der Waals surface area contributed by atoms with E-state index in [2.05, 4.69) is 42.5 Å². The van der Waals surface area contributed by atoms with Crippen molar-refractivity contribution in [1.29, 1.82) is 0 Å². The summed E-state index contributed by atoms with van der Waals surface area (Å²) < 4.78 is 2.17. The molecular formula is C17H19N3S. The van der Waals surface area contributed by atoms with Crippen molar-refractivity contribution >= 4 is 22.1 Å². The second kappa shape index (κ2) is 4.60. The minimum atomic E-state index is 0.546. The Hall–Kier alpha value is -1.81. The van der Waals surface area contributed by atoms with Crippen molar-refractivity contribution in [2.45, 2.75) is 39.0 Å². The number of thiazole rings is 1. The lowest BCUT2D eigenvalue weighted by atomic mass is 10.0. The molecule has 0 saturated carbocycles. The smallest absolute Gasteiger partial charge is 0.196 e. The Morgan fingerprint density at radius 1 is 1.19 bits per heavy atom. The molecule has 1 aromatic carbocycles. The van der Waals surface area contributed by atoms with Crippen molar-refractivity contribution < 1.29 is 0 Å². The summed E-state index contributed by atoms with van der Waals surface area (Å²) in [5.41, 5.74) is 11.2. The third-order valence-electron chi connectivity index (χ3n) is 4.36. The average molecular weight is 297 g/mol. The van der Waals surface area contributed by atoms with Gasteiger partial charge >= 0.3 is 0 Å². The van der Waals surface area contributed by atoms with Gasteiger partial charge in [-0.15, -0.1) is 11.3 Å². The maximum absolute atomic E-state index is 6.39. The van der Waals surface area contributed by atoms with E-state index in [0.717, 1.165) is 28.5 Å². The van der Waals surface area contributed by atoms with E-state index >= 15 is 0 Å². The van der Waals surface area contributed by atoms with Crippen LogP contribution < -0.4 is 5.73 Å². The van der Waals surface area contributed by atoms with Gasteiger partial charge in [0.15, 0.2) is 4.96 Å². The molecular weight excluding hydrogens is 278 g/mol. The number of nitrogens with zero attached hydrogens (tertiary/aromatic N) is 2. The number of nitrogens with two attached hydrogens (primary N) is 1. The molecule has 21 heavy (non-hydrogen) atoms. The Morgan fingerprint density at radius 3 is 2.67 bits per heavy atom. The summed E-state index contributed by atoms with van der Waals surface area (Å²) >= 11 is 1.80. The maximum atomic E-state index is 6.39. The molecule has 0 atom stereocenters. The summed E-state index contributed by atoms with van der Waals surface area (Å²) in [6, 6.07) is 8.63. The van der Waals surface area contributed by atoms with Crippen LogP contribution in [-0.2, 0) is 12.8 Å². The van der Waals surface area contributed by atoms with Crippen LogP contribution in [0.15, 0.2) is 24.3 Å². The first-order valence-electron chi connectivity index (χ1n) is 7.54. The molecule has 3 nitrogen and oxygen atoms in total. The van der Waals surface area contributed by atoms with Crippen LogP contribution in [0, 0.1) is 0 Å². The first-order chi connectivity index (χ1) is 10.1. The van der Waals surface area contributed by atoms with Gasteiger partial charge in [-0.25, -0.2) is 4.98 Å². The van der Waals surface area contributed by atoms with Gasteiger partial charge in [0.2, 0.25) is 0 Å². The van der Waals surface area contributed by atoms with Crippen molar-refractivity contribution in [2.24, 2.45) is 0 Å². The molecule has 1 aliphatic rings. The van der Waals surface area contributed by atoms with Crippen molar-refractivity contribution in [3.8, 4) is 11.3 Å². The summed E-state index contributed by atoms with van der Waals surface area (Å²) in [6.45, 7) is 4.42. The molecule has 0 fully saturated rings. The molecule has 0 amide bonds. The monoisotopic (exact) mass is 297 g/mol. The predicted molar refractivity (Wildman–Crippen MR) is 89.0 cm³/mol.